The average Bonchev–Trinajstić information content (AvgIpc) is 3.33. The van der Waals surface area contributed by atoms with Crippen LogP contribution < -0.4 is 10.6 Å². The number of para-hydroxylation sites is 1. The van der Waals surface area contributed by atoms with E-state index in [0.29, 0.717) is 26.2 Å². The van der Waals surface area contributed by atoms with Gasteiger partial charge in [0.2, 0.25) is 5.91 Å². The zero-order valence-corrected chi connectivity index (χ0v) is 20.2. The van der Waals surface area contributed by atoms with E-state index >= 15 is 0 Å². The number of hydrogen-bond donors (Lipinski definition) is 2. The summed E-state index contributed by atoms with van der Waals surface area (Å²) in [5, 5.41) is 5.55. The number of piperazine rings is 1. The number of halogens is 3. The lowest BCUT2D eigenvalue weighted by molar-refractivity contribution is -0.137. The number of piperidine rings is 1. The third-order valence-electron chi connectivity index (χ3n) is 7.44. The van der Waals surface area contributed by atoms with Crippen LogP contribution in [0.3, 0.4) is 0 Å². The maximum atomic E-state index is 13.1. The van der Waals surface area contributed by atoms with Crippen LogP contribution in [0.4, 0.5) is 23.7 Å². The normalized spacial score (nSPS) is 21.3. The van der Waals surface area contributed by atoms with E-state index in [-0.39, 0.29) is 24.3 Å². The van der Waals surface area contributed by atoms with Gasteiger partial charge in [-0.2, -0.15) is 13.2 Å². The van der Waals surface area contributed by atoms with Crippen molar-refractivity contribution >= 4 is 17.6 Å². The van der Waals surface area contributed by atoms with E-state index in [1.165, 1.54) is 50.4 Å². The van der Waals surface area contributed by atoms with Crippen LogP contribution in [0.5, 0.6) is 0 Å². The maximum Gasteiger partial charge on any atom is 0.418 e. The van der Waals surface area contributed by atoms with E-state index in [1.54, 1.807) is 4.90 Å². The van der Waals surface area contributed by atoms with Gasteiger partial charge in [-0.1, -0.05) is 25.0 Å². The Bertz CT molecular complexity index is 859. The molecule has 0 aromatic heterocycles. The van der Waals surface area contributed by atoms with Crippen LogP contribution in [0.25, 0.3) is 0 Å². The minimum atomic E-state index is -4.53. The Morgan fingerprint density at radius 2 is 1.54 bits per heavy atom. The highest BCUT2D eigenvalue weighted by Gasteiger charge is 2.34. The highest BCUT2D eigenvalue weighted by molar-refractivity contribution is 5.93. The first-order chi connectivity index (χ1) is 16.8. The van der Waals surface area contributed by atoms with Crippen molar-refractivity contribution in [3.05, 3.63) is 29.8 Å². The molecule has 0 spiro atoms. The second-order valence-corrected chi connectivity index (χ2v) is 10.0. The molecule has 0 atom stereocenters. The van der Waals surface area contributed by atoms with Gasteiger partial charge in [0, 0.05) is 51.9 Å². The van der Waals surface area contributed by atoms with Gasteiger partial charge >= 0.3 is 12.2 Å². The first-order valence-corrected chi connectivity index (χ1v) is 12.7. The molecule has 1 aliphatic carbocycles. The van der Waals surface area contributed by atoms with E-state index < -0.39 is 17.6 Å². The molecule has 10 heteroatoms. The molecule has 7 nitrogen and oxygen atoms in total. The summed E-state index contributed by atoms with van der Waals surface area (Å²) in [6, 6.07) is 5.08. The fourth-order valence-electron chi connectivity index (χ4n) is 5.43. The number of urea groups is 1. The maximum absolute atomic E-state index is 13.1. The standard InChI is InChI=1S/C25H36F3N5O2/c26-25(27,28)21-7-3-4-8-22(21)30-23(34)18-32-13-15-33(16-14-32)24(35)29-20-9-11-31(12-10-20)17-19-5-1-2-6-19/h3-4,7-8,19-20H,1-2,5-6,9-18H2,(H,29,35)(H,30,34). The number of likely N-dealkylation sites (tertiary alicyclic amines) is 1. The second kappa shape index (κ2) is 11.6. The monoisotopic (exact) mass is 495 g/mol. The Balaban J connectivity index is 1.15. The molecule has 194 valence electrons. The zero-order valence-electron chi connectivity index (χ0n) is 20.2. The minimum absolute atomic E-state index is 0.0128. The lowest BCUT2D eigenvalue weighted by Gasteiger charge is -2.37. The van der Waals surface area contributed by atoms with Gasteiger partial charge in [-0.15, -0.1) is 0 Å². The molecule has 0 radical (unpaired) electrons. The third kappa shape index (κ3) is 7.33. The van der Waals surface area contributed by atoms with Crippen molar-refractivity contribution in [1.29, 1.82) is 0 Å². The molecule has 35 heavy (non-hydrogen) atoms. The molecule has 1 aromatic rings. The SMILES string of the molecule is O=C(CN1CCN(C(=O)NC2CCN(CC3CCCC3)CC2)CC1)Nc1ccccc1C(F)(F)F. The van der Waals surface area contributed by atoms with Crippen LogP contribution in [0.2, 0.25) is 0 Å². The molecular weight excluding hydrogens is 459 g/mol. The van der Waals surface area contributed by atoms with Crippen molar-refractivity contribution in [1.82, 2.24) is 20.0 Å². The van der Waals surface area contributed by atoms with Crippen LogP contribution in [-0.2, 0) is 11.0 Å². The molecule has 4 rings (SSSR count). The Morgan fingerprint density at radius 1 is 0.886 bits per heavy atom. The minimum Gasteiger partial charge on any atom is -0.335 e. The topological polar surface area (TPSA) is 67.9 Å². The van der Waals surface area contributed by atoms with E-state index in [9.17, 15) is 22.8 Å². The lowest BCUT2D eigenvalue weighted by atomic mass is 10.0. The predicted molar refractivity (Wildman–Crippen MR) is 128 cm³/mol. The summed E-state index contributed by atoms with van der Waals surface area (Å²) in [5.41, 5.74) is -1.10. The van der Waals surface area contributed by atoms with Gasteiger partial charge in [-0.25, -0.2) is 4.79 Å². The van der Waals surface area contributed by atoms with E-state index in [0.717, 1.165) is 37.9 Å². The number of rotatable bonds is 6. The zero-order chi connectivity index (χ0) is 24.8. The fraction of sp³-hybridized carbons (Fsp3) is 0.680. The molecule has 0 bridgehead atoms. The van der Waals surface area contributed by atoms with Crippen molar-refractivity contribution in [2.24, 2.45) is 5.92 Å². The van der Waals surface area contributed by atoms with Gasteiger partial charge in [0.05, 0.1) is 17.8 Å². The van der Waals surface area contributed by atoms with Gasteiger partial charge < -0.3 is 20.4 Å². The van der Waals surface area contributed by atoms with Crippen molar-refractivity contribution in [2.75, 3.05) is 57.7 Å². The van der Waals surface area contributed by atoms with Crippen LogP contribution in [0, 0.1) is 5.92 Å². The van der Waals surface area contributed by atoms with Gasteiger partial charge in [0.15, 0.2) is 0 Å². The largest absolute Gasteiger partial charge is 0.418 e. The Kier molecular flexibility index (Phi) is 8.54. The molecule has 1 saturated carbocycles. The van der Waals surface area contributed by atoms with E-state index in [4.69, 9.17) is 0 Å². The van der Waals surface area contributed by atoms with E-state index in [1.807, 2.05) is 4.90 Å². The number of hydrogen-bond acceptors (Lipinski definition) is 4. The summed E-state index contributed by atoms with van der Waals surface area (Å²) in [5.74, 6) is 0.350. The van der Waals surface area contributed by atoms with Crippen molar-refractivity contribution in [3.63, 3.8) is 0 Å². The number of nitrogens with zero attached hydrogens (tertiary/aromatic N) is 3. The second-order valence-electron chi connectivity index (χ2n) is 10.0. The van der Waals surface area contributed by atoms with Gasteiger partial charge in [-0.3, -0.25) is 9.69 Å². The van der Waals surface area contributed by atoms with Crippen molar-refractivity contribution < 1.29 is 22.8 Å². The number of carbonyl (C=O) groups excluding carboxylic acids is 2. The van der Waals surface area contributed by atoms with Crippen LogP contribution in [-0.4, -0.2) is 85.0 Å². The fourth-order valence-corrected chi connectivity index (χ4v) is 5.43. The average molecular weight is 496 g/mol. The summed E-state index contributed by atoms with van der Waals surface area (Å²) >= 11 is 0. The molecule has 3 aliphatic rings. The van der Waals surface area contributed by atoms with Crippen molar-refractivity contribution in [2.45, 2.75) is 50.7 Å². The lowest BCUT2D eigenvalue weighted by Crippen LogP contribution is -2.55. The van der Waals surface area contributed by atoms with Crippen LogP contribution in [0.1, 0.15) is 44.1 Å². The molecule has 2 saturated heterocycles. The summed E-state index contributed by atoms with van der Waals surface area (Å²) < 4.78 is 39.4. The van der Waals surface area contributed by atoms with E-state index in [2.05, 4.69) is 15.5 Å². The number of alkyl halides is 3. The van der Waals surface area contributed by atoms with Crippen LogP contribution in [0.15, 0.2) is 24.3 Å². The van der Waals surface area contributed by atoms with Gasteiger partial charge in [0.25, 0.3) is 0 Å². The molecule has 1 aromatic carbocycles. The highest BCUT2D eigenvalue weighted by Crippen LogP contribution is 2.34. The summed E-state index contributed by atoms with van der Waals surface area (Å²) in [7, 11) is 0. The quantitative estimate of drug-likeness (QED) is 0.633. The first-order valence-electron chi connectivity index (χ1n) is 12.7. The molecule has 3 amide bonds. The number of carbonyl (C=O) groups is 2. The first kappa shape index (κ1) is 25.8. The third-order valence-corrected chi connectivity index (χ3v) is 7.44. The number of anilines is 1. The molecule has 0 unspecified atom stereocenters. The number of benzene rings is 1. The molecule has 2 heterocycles. The van der Waals surface area contributed by atoms with Crippen LogP contribution >= 0.6 is 0 Å². The number of nitrogens with one attached hydrogen (secondary N) is 2. The number of amides is 3. The Morgan fingerprint density at radius 3 is 2.20 bits per heavy atom. The van der Waals surface area contributed by atoms with Gasteiger partial charge in [0.1, 0.15) is 0 Å². The van der Waals surface area contributed by atoms with Crippen molar-refractivity contribution in [3.8, 4) is 0 Å². The highest BCUT2D eigenvalue weighted by atomic mass is 19.4. The van der Waals surface area contributed by atoms with Gasteiger partial charge in [-0.05, 0) is 43.7 Å². The predicted octanol–water partition coefficient (Wildman–Crippen LogP) is 3.63. The summed E-state index contributed by atoms with van der Waals surface area (Å²) in [6.45, 7) is 5.21. The smallest absolute Gasteiger partial charge is 0.335 e. The molecular formula is C25H36F3N5O2. The molecule has 3 fully saturated rings. The molecule has 2 aliphatic heterocycles. The summed E-state index contributed by atoms with van der Waals surface area (Å²) in [4.78, 5) is 31.2. The Labute approximate surface area is 205 Å². The Hall–Kier alpha value is -2.33. The molecule has 2 N–H and O–H groups in total. The summed E-state index contributed by atoms with van der Waals surface area (Å²) in [6.07, 6.45) is 2.84.